The molecular weight excluding hydrogens is 481 g/mol. The Bertz CT molecular complexity index is 1040. The number of hydroxylamine groups is 1. The van der Waals surface area contributed by atoms with Gasteiger partial charge in [0.1, 0.15) is 5.82 Å². The molecule has 2 saturated heterocycles. The van der Waals surface area contributed by atoms with Crippen LogP contribution < -0.4 is 10.4 Å². The maximum atomic E-state index is 14.6. The van der Waals surface area contributed by atoms with Crippen LogP contribution in [0.3, 0.4) is 0 Å². The summed E-state index contributed by atoms with van der Waals surface area (Å²) in [5.74, 6) is -1.25. The molecule has 0 atom stereocenters. The fourth-order valence-corrected chi connectivity index (χ4v) is 7.03. The van der Waals surface area contributed by atoms with Crippen LogP contribution in [0.4, 0.5) is 10.1 Å². The molecule has 0 unspecified atom stereocenters. The molecule has 1 aromatic carbocycles. The average Bonchev–Trinajstić information content (AvgIpc) is 3.33. The van der Waals surface area contributed by atoms with Crippen molar-refractivity contribution in [2.75, 3.05) is 44.3 Å². The number of ether oxygens (including phenoxy) is 1. The third-order valence-electron chi connectivity index (χ3n) is 5.99. The van der Waals surface area contributed by atoms with Gasteiger partial charge in [-0.3, -0.25) is 10.0 Å². The summed E-state index contributed by atoms with van der Waals surface area (Å²) in [6, 6.07) is 8.78. The van der Waals surface area contributed by atoms with Gasteiger partial charge in [-0.15, -0.1) is 23.7 Å². The molecule has 4 rings (SSSR count). The van der Waals surface area contributed by atoms with E-state index in [1.165, 1.54) is 27.2 Å². The Labute approximate surface area is 196 Å². The van der Waals surface area contributed by atoms with Crippen molar-refractivity contribution in [1.29, 1.82) is 0 Å². The second-order valence-corrected chi connectivity index (χ2v) is 10.8. The van der Waals surface area contributed by atoms with Gasteiger partial charge in [0, 0.05) is 68.4 Å². The zero-order valence-electron chi connectivity index (χ0n) is 17.2. The van der Waals surface area contributed by atoms with E-state index in [1.807, 2.05) is 28.5 Å². The second-order valence-electron chi connectivity index (χ2n) is 7.58. The molecule has 176 valence electrons. The molecule has 0 radical (unpaired) electrons. The first-order chi connectivity index (χ1) is 14.9. The lowest BCUT2D eigenvalue weighted by atomic mass is 9.98. The van der Waals surface area contributed by atoms with E-state index in [-0.39, 0.29) is 57.4 Å². The van der Waals surface area contributed by atoms with Gasteiger partial charge in [0.05, 0.1) is 0 Å². The van der Waals surface area contributed by atoms with Crippen molar-refractivity contribution in [2.45, 2.75) is 17.6 Å². The van der Waals surface area contributed by atoms with Crippen LogP contribution in [-0.2, 0) is 19.6 Å². The van der Waals surface area contributed by atoms with Crippen molar-refractivity contribution in [3.63, 3.8) is 0 Å². The highest BCUT2D eigenvalue weighted by molar-refractivity contribution is 7.91. The van der Waals surface area contributed by atoms with Crippen molar-refractivity contribution in [3.8, 4) is 10.4 Å². The molecule has 12 heteroatoms. The van der Waals surface area contributed by atoms with Crippen molar-refractivity contribution in [1.82, 2.24) is 9.79 Å². The van der Waals surface area contributed by atoms with Crippen LogP contribution in [0.25, 0.3) is 10.4 Å². The number of nitrogens with zero attached hydrogens (tertiary/aromatic N) is 2. The van der Waals surface area contributed by atoms with Gasteiger partial charge in [0.2, 0.25) is 10.0 Å². The number of hydrogen-bond donors (Lipinski definition) is 2. The Morgan fingerprint density at radius 1 is 1.16 bits per heavy atom. The van der Waals surface area contributed by atoms with E-state index in [9.17, 15) is 17.6 Å². The Kier molecular flexibility index (Phi) is 7.79. The fourth-order valence-electron chi connectivity index (χ4n) is 4.17. The number of piperazine rings is 1. The number of sulfonamides is 1. The zero-order chi connectivity index (χ0) is 22.1. The second kappa shape index (κ2) is 10.0. The molecule has 0 saturated carbocycles. The average molecular weight is 506 g/mol. The first-order valence-electron chi connectivity index (χ1n) is 9.99. The fraction of sp³-hybridized carbons (Fsp3) is 0.450. The molecule has 1 aromatic heterocycles. The summed E-state index contributed by atoms with van der Waals surface area (Å²) in [4.78, 5) is 15.1. The third kappa shape index (κ3) is 4.37. The van der Waals surface area contributed by atoms with E-state index in [0.717, 1.165) is 4.88 Å². The number of rotatable bonds is 5. The van der Waals surface area contributed by atoms with Gasteiger partial charge in [-0.05, 0) is 29.6 Å². The molecule has 8 nitrogen and oxygen atoms in total. The lowest BCUT2D eigenvalue weighted by Gasteiger charge is -2.42. The van der Waals surface area contributed by atoms with Gasteiger partial charge in [0.15, 0.2) is 4.75 Å². The number of halogens is 2. The molecular formula is C20H25ClFN3O5S2. The molecule has 0 aliphatic carbocycles. The van der Waals surface area contributed by atoms with Crippen LogP contribution in [0.5, 0.6) is 0 Å². The predicted octanol–water partition coefficient (Wildman–Crippen LogP) is 2.48. The summed E-state index contributed by atoms with van der Waals surface area (Å²) in [7, 11) is -4.03. The number of hydrogen-bond acceptors (Lipinski definition) is 7. The quantitative estimate of drug-likeness (QED) is 0.478. The zero-order valence-corrected chi connectivity index (χ0v) is 19.6. The molecule has 2 N–H and O–H groups in total. The minimum Gasteiger partial charge on any atom is -0.381 e. The first-order valence-corrected chi connectivity index (χ1v) is 12.3. The standard InChI is InChI=1S/C20H24FN3O5S2.ClH/c21-17-14-15(3-4-16(17)18-2-1-13-30-18)23-7-9-24(10-8-23)31(27,28)20(19(25)22-26)5-11-29-12-6-20;/h1-4,13-14,26H,5-12H2,(H,22,25);1H. The minimum absolute atomic E-state index is 0. The highest BCUT2D eigenvalue weighted by Crippen LogP contribution is 2.34. The molecule has 0 bridgehead atoms. The van der Waals surface area contributed by atoms with Gasteiger partial charge in [-0.1, -0.05) is 6.07 Å². The third-order valence-corrected chi connectivity index (χ3v) is 9.52. The monoisotopic (exact) mass is 505 g/mol. The van der Waals surface area contributed by atoms with Crippen molar-refractivity contribution >= 4 is 45.4 Å². The first kappa shape index (κ1) is 24.9. The van der Waals surface area contributed by atoms with E-state index in [1.54, 1.807) is 6.07 Å². The summed E-state index contributed by atoms with van der Waals surface area (Å²) in [5.41, 5.74) is 2.75. The van der Waals surface area contributed by atoms with Gasteiger partial charge in [-0.25, -0.2) is 18.3 Å². The highest BCUT2D eigenvalue weighted by atomic mass is 35.5. The predicted molar refractivity (Wildman–Crippen MR) is 122 cm³/mol. The lowest BCUT2D eigenvalue weighted by molar-refractivity contribution is -0.134. The topological polar surface area (TPSA) is 99.2 Å². The highest BCUT2D eigenvalue weighted by Gasteiger charge is 2.54. The van der Waals surface area contributed by atoms with Crippen LogP contribution in [-0.4, -0.2) is 68.0 Å². The molecule has 2 fully saturated rings. The number of benzene rings is 1. The van der Waals surface area contributed by atoms with E-state index in [2.05, 4.69) is 0 Å². The van der Waals surface area contributed by atoms with Crippen LogP contribution in [0.2, 0.25) is 0 Å². The van der Waals surface area contributed by atoms with Gasteiger partial charge in [0.25, 0.3) is 5.91 Å². The maximum absolute atomic E-state index is 14.6. The molecule has 2 aromatic rings. The van der Waals surface area contributed by atoms with E-state index in [0.29, 0.717) is 24.3 Å². The Balaban J connectivity index is 0.00000289. The maximum Gasteiger partial charge on any atom is 0.266 e. The van der Waals surface area contributed by atoms with E-state index < -0.39 is 20.7 Å². The van der Waals surface area contributed by atoms with E-state index >= 15 is 0 Å². The van der Waals surface area contributed by atoms with Crippen LogP contribution in [0.1, 0.15) is 12.8 Å². The number of amides is 1. The summed E-state index contributed by atoms with van der Waals surface area (Å²) < 4.78 is 46.2. The van der Waals surface area contributed by atoms with Crippen LogP contribution in [0.15, 0.2) is 35.7 Å². The molecule has 0 spiro atoms. The van der Waals surface area contributed by atoms with Crippen LogP contribution in [0, 0.1) is 5.82 Å². The van der Waals surface area contributed by atoms with Gasteiger partial charge in [-0.2, -0.15) is 4.31 Å². The van der Waals surface area contributed by atoms with Crippen molar-refractivity contribution < 1.29 is 27.5 Å². The molecule has 2 aliphatic heterocycles. The normalized spacial score (nSPS) is 19.2. The lowest BCUT2D eigenvalue weighted by Crippen LogP contribution is -2.62. The SMILES string of the molecule is Cl.O=C(NO)C1(S(=O)(=O)N2CCN(c3ccc(-c4cccs4)c(F)c3)CC2)CCOCC1. The van der Waals surface area contributed by atoms with Gasteiger partial charge >= 0.3 is 0 Å². The minimum atomic E-state index is -4.03. The number of anilines is 1. The van der Waals surface area contributed by atoms with Crippen molar-refractivity contribution in [2.24, 2.45) is 0 Å². The largest absolute Gasteiger partial charge is 0.381 e. The number of carbonyl (C=O) groups is 1. The molecule has 1 amide bonds. The smallest absolute Gasteiger partial charge is 0.266 e. The Morgan fingerprint density at radius 2 is 1.84 bits per heavy atom. The molecule has 32 heavy (non-hydrogen) atoms. The van der Waals surface area contributed by atoms with Crippen molar-refractivity contribution in [3.05, 3.63) is 41.5 Å². The van der Waals surface area contributed by atoms with Gasteiger partial charge < -0.3 is 9.64 Å². The molecule has 2 aliphatic rings. The summed E-state index contributed by atoms with van der Waals surface area (Å²) in [6.07, 6.45) is -0.0331. The summed E-state index contributed by atoms with van der Waals surface area (Å²) in [6.45, 7) is 1.32. The number of carbonyl (C=O) groups excluding carboxylic acids is 1. The number of thiophene rings is 1. The summed E-state index contributed by atoms with van der Waals surface area (Å²) in [5, 5.41) is 11.0. The number of nitrogens with one attached hydrogen (secondary N) is 1. The Morgan fingerprint density at radius 3 is 2.41 bits per heavy atom. The molecule has 3 heterocycles. The Hall–Kier alpha value is -1.76. The van der Waals surface area contributed by atoms with Crippen LogP contribution >= 0.6 is 23.7 Å². The summed E-state index contributed by atoms with van der Waals surface area (Å²) >= 11 is 1.47. The van der Waals surface area contributed by atoms with E-state index in [4.69, 9.17) is 9.94 Å².